The summed E-state index contributed by atoms with van der Waals surface area (Å²) in [5.41, 5.74) is 0.652. The Labute approximate surface area is 136 Å². The van der Waals surface area contributed by atoms with Crippen LogP contribution in [0.25, 0.3) is 11.3 Å². The molecular weight excluding hydrogens is 350 g/mol. The van der Waals surface area contributed by atoms with Crippen LogP contribution in [0.3, 0.4) is 0 Å². The van der Waals surface area contributed by atoms with Crippen molar-refractivity contribution in [1.82, 2.24) is 25.3 Å². The van der Waals surface area contributed by atoms with Crippen molar-refractivity contribution in [2.45, 2.75) is 39.3 Å². The maximum absolute atomic E-state index is 12.1. The van der Waals surface area contributed by atoms with E-state index < -0.39 is 5.41 Å². The van der Waals surface area contributed by atoms with Gasteiger partial charge in [0.05, 0.1) is 17.5 Å². The third kappa shape index (κ3) is 2.98. The second-order valence-corrected chi connectivity index (χ2v) is 7.22. The molecule has 2 aromatic heterocycles. The molecule has 8 heteroatoms. The molecule has 0 spiro atoms. The van der Waals surface area contributed by atoms with E-state index >= 15 is 0 Å². The van der Waals surface area contributed by atoms with E-state index in [1.165, 1.54) is 0 Å². The zero-order valence-electron chi connectivity index (χ0n) is 12.7. The lowest BCUT2D eigenvalue weighted by Crippen LogP contribution is -2.36. The van der Waals surface area contributed by atoms with E-state index in [1.807, 2.05) is 20.8 Å². The summed E-state index contributed by atoms with van der Waals surface area (Å²) >= 11 is 3.29. The Balaban J connectivity index is 1.84. The fourth-order valence-corrected chi connectivity index (χ4v) is 2.62. The van der Waals surface area contributed by atoms with Crippen molar-refractivity contribution in [3.05, 3.63) is 16.6 Å². The van der Waals surface area contributed by atoms with Crippen molar-refractivity contribution in [2.24, 2.45) is 5.41 Å². The summed E-state index contributed by atoms with van der Waals surface area (Å²) < 4.78 is 6.25. The summed E-state index contributed by atoms with van der Waals surface area (Å²) in [5.74, 6) is 0.484. The molecule has 1 unspecified atom stereocenters. The van der Waals surface area contributed by atoms with Crippen molar-refractivity contribution in [1.29, 1.82) is 0 Å². The molecule has 0 aromatic carbocycles. The Kier molecular flexibility index (Phi) is 3.90. The Morgan fingerprint density at radius 3 is 2.91 bits per heavy atom. The van der Waals surface area contributed by atoms with Gasteiger partial charge in [0, 0.05) is 0 Å². The first-order valence-corrected chi connectivity index (χ1v) is 7.96. The summed E-state index contributed by atoms with van der Waals surface area (Å²) in [5, 5.41) is 3.21. The van der Waals surface area contributed by atoms with Crippen LogP contribution in [-0.4, -0.2) is 38.7 Å². The predicted molar refractivity (Wildman–Crippen MR) is 84.1 cm³/mol. The van der Waals surface area contributed by atoms with E-state index in [-0.39, 0.29) is 18.1 Å². The molecule has 1 aliphatic heterocycles. The van der Waals surface area contributed by atoms with Gasteiger partial charge in [-0.1, -0.05) is 0 Å². The lowest BCUT2D eigenvalue weighted by Gasteiger charge is -2.23. The first-order chi connectivity index (χ1) is 10.3. The van der Waals surface area contributed by atoms with Gasteiger partial charge in [-0.25, -0.2) is 15.0 Å². The van der Waals surface area contributed by atoms with Crippen molar-refractivity contribution >= 4 is 33.2 Å². The molecule has 3 heterocycles. The van der Waals surface area contributed by atoms with Crippen LogP contribution in [-0.2, 0) is 9.53 Å². The standard InChI is InChI=1S/C14H18BrN5O2/c1-14(2,3)13(21)22-12-7(4-5-16-12)9-19-10-11(20-9)18-8(15)6-17-10/h6-7,12,16H,4-5H2,1-3H3,(H,17,18,19,20)/t7-,12?/m0/s1. The van der Waals surface area contributed by atoms with E-state index in [2.05, 4.69) is 41.2 Å². The number of halogens is 1. The zero-order chi connectivity index (χ0) is 15.9. The average Bonchev–Trinajstić information content (AvgIpc) is 3.02. The van der Waals surface area contributed by atoms with Crippen molar-refractivity contribution in [3.8, 4) is 0 Å². The summed E-state index contributed by atoms with van der Waals surface area (Å²) in [6, 6.07) is 0. The van der Waals surface area contributed by atoms with Gasteiger partial charge < -0.3 is 9.72 Å². The first-order valence-electron chi connectivity index (χ1n) is 7.17. The minimum Gasteiger partial charge on any atom is -0.445 e. The Hall–Kier alpha value is -1.54. The number of hydrogen-bond acceptors (Lipinski definition) is 6. The first kappa shape index (κ1) is 15.4. The molecule has 1 saturated heterocycles. The molecule has 0 aliphatic carbocycles. The Morgan fingerprint density at radius 2 is 2.18 bits per heavy atom. The molecule has 0 saturated carbocycles. The maximum atomic E-state index is 12.1. The molecule has 0 radical (unpaired) electrons. The fraction of sp³-hybridized carbons (Fsp3) is 0.571. The van der Waals surface area contributed by atoms with Crippen LogP contribution in [0.2, 0.25) is 0 Å². The number of nitrogens with zero attached hydrogens (tertiary/aromatic N) is 3. The molecule has 2 atom stereocenters. The number of H-pyrrole nitrogens is 1. The molecule has 22 heavy (non-hydrogen) atoms. The number of aromatic nitrogens is 4. The Morgan fingerprint density at radius 1 is 1.41 bits per heavy atom. The second kappa shape index (κ2) is 5.58. The predicted octanol–water partition coefficient (Wildman–Crippen LogP) is 2.11. The summed E-state index contributed by atoms with van der Waals surface area (Å²) in [7, 11) is 0. The highest BCUT2D eigenvalue weighted by atomic mass is 79.9. The largest absolute Gasteiger partial charge is 0.445 e. The maximum Gasteiger partial charge on any atom is 0.312 e. The number of imidazole rings is 1. The highest BCUT2D eigenvalue weighted by Crippen LogP contribution is 2.29. The number of esters is 1. The normalized spacial score (nSPS) is 22.2. The van der Waals surface area contributed by atoms with Gasteiger partial charge in [-0.15, -0.1) is 0 Å². The van der Waals surface area contributed by atoms with Crippen molar-refractivity contribution in [3.63, 3.8) is 0 Å². The third-order valence-corrected chi connectivity index (χ3v) is 3.94. The summed E-state index contributed by atoms with van der Waals surface area (Å²) in [4.78, 5) is 28.3. The highest BCUT2D eigenvalue weighted by Gasteiger charge is 2.36. The number of fused-ring (bicyclic) bond motifs is 1. The van der Waals surface area contributed by atoms with Crippen LogP contribution in [0.5, 0.6) is 0 Å². The number of aromatic amines is 1. The summed E-state index contributed by atoms with van der Waals surface area (Å²) in [6.07, 6.45) is 2.07. The number of nitrogens with one attached hydrogen (secondary N) is 2. The van der Waals surface area contributed by atoms with Gasteiger partial charge in [0.2, 0.25) is 0 Å². The number of rotatable bonds is 2. The topological polar surface area (TPSA) is 92.8 Å². The van der Waals surface area contributed by atoms with Gasteiger partial charge in [0.25, 0.3) is 0 Å². The van der Waals surface area contributed by atoms with Gasteiger partial charge in [-0.2, -0.15) is 0 Å². The van der Waals surface area contributed by atoms with Crippen LogP contribution < -0.4 is 5.32 Å². The van der Waals surface area contributed by atoms with Gasteiger partial charge in [0.15, 0.2) is 17.5 Å². The SMILES string of the molecule is CC(C)(C)C(=O)OC1NCC[C@H]1c1nc2ncc(Br)nc2[nH]1. The van der Waals surface area contributed by atoms with Crippen LogP contribution >= 0.6 is 15.9 Å². The molecular formula is C14H18BrN5O2. The van der Waals surface area contributed by atoms with Crippen LogP contribution in [0.1, 0.15) is 38.9 Å². The van der Waals surface area contributed by atoms with Gasteiger partial charge in [-0.3, -0.25) is 10.1 Å². The fourth-order valence-electron chi connectivity index (χ4n) is 2.34. The number of carbonyl (C=O) groups excluding carboxylic acids is 1. The molecule has 0 amide bonds. The monoisotopic (exact) mass is 367 g/mol. The Bertz CT molecular complexity index is 709. The van der Waals surface area contributed by atoms with Gasteiger partial charge in [0.1, 0.15) is 10.4 Å². The van der Waals surface area contributed by atoms with E-state index in [4.69, 9.17) is 4.74 Å². The van der Waals surface area contributed by atoms with E-state index in [1.54, 1.807) is 6.20 Å². The highest BCUT2D eigenvalue weighted by molar-refractivity contribution is 9.10. The molecule has 1 fully saturated rings. The number of carbonyl (C=O) groups is 1. The van der Waals surface area contributed by atoms with Crippen LogP contribution in [0, 0.1) is 5.41 Å². The lowest BCUT2D eigenvalue weighted by molar-refractivity contribution is -0.160. The molecule has 2 aromatic rings. The lowest BCUT2D eigenvalue weighted by atomic mass is 9.97. The smallest absolute Gasteiger partial charge is 0.312 e. The third-order valence-electron chi connectivity index (χ3n) is 3.56. The molecule has 3 rings (SSSR count). The van der Waals surface area contributed by atoms with E-state index in [0.717, 1.165) is 18.8 Å². The number of ether oxygens (including phenoxy) is 1. The quantitative estimate of drug-likeness (QED) is 0.789. The van der Waals surface area contributed by atoms with Crippen molar-refractivity contribution in [2.75, 3.05) is 6.54 Å². The second-order valence-electron chi connectivity index (χ2n) is 6.41. The van der Waals surface area contributed by atoms with Gasteiger partial charge in [-0.05, 0) is 49.7 Å². The minimum atomic E-state index is -0.531. The van der Waals surface area contributed by atoms with E-state index in [9.17, 15) is 4.79 Å². The zero-order valence-corrected chi connectivity index (χ0v) is 14.3. The van der Waals surface area contributed by atoms with E-state index in [0.29, 0.717) is 15.9 Å². The molecule has 7 nitrogen and oxygen atoms in total. The molecule has 2 N–H and O–H groups in total. The number of hydrogen-bond donors (Lipinski definition) is 2. The van der Waals surface area contributed by atoms with Gasteiger partial charge >= 0.3 is 5.97 Å². The minimum absolute atomic E-state index is 0.0268. The van der Waals surface area contributed by atoms with Crippen molar-refractivity contribution < 1.29 is 9.53 Å². The molecule has 1 aliphatic rings. The summed E-state index contributed by atoms with van der Waals surface area (Å²) in [6.45, 7) is 6.29. The van der Waals surface area contributed by atoms with Crippen LogP contribution in [0.4, 0.5) is 0 Å². The molecule has 118 valence electrons. The van der Waals surface area contributed by atoms with Crippen LogP contribution in [0.15, 0.2) is 10.8 Å². The molecule has 0 bridgehead atoms. The average molecular weight is 368 g/mol.